The van der Waals surface area contributed by atoms with Crippen LogP contribution >= 0.6 is 15.9 Å². The molecule has 3 rings (SSSR count). The first-order valence-electron chi connectivity index (χ1n) is 6.50. The maximum Gasteiger partial charge on any atom is 0.166 e. The van der Waals surface area contributed by atoms with Crippen molar-refractivity contribution in [2.75, 3.05) is 0 Å². The maximum absolute atomic E-state index is 13.9. The van der Waals surface area contributed by atoms with Gasteiger partial charge in [0.2, 0.25) is 0 Å². The smallest absolute Gasteiger partial charge is 0.166 e. The average molecular weight is 339 g/mol. The van der Waals surface area contributed by atoms with E-state index in [2.05, 4.69) is 15.9 Å². The molecule has 104 valence electrons. The molecule has 0 radical (unpaired) electrons. The molecule has 0 aliphatic heterocycles. The Balaban J connectivity index is 1.86. The largest absolute Gasteiger partial charge is 0.482 e. The van der Waals surface area contributed by atoms with Crippen molar-refractivity contribution in [1.82, 2.24) is 0 Å². The molecule has 1 nitrogen and oxygen atoms in total. The van der Waals surface area contributed by atoms with Gasteiger partial charge in [-0.2, -0.15) is 0 Å². The predicted molar refractivity (Wildman–Crippen MR) is 76.6 cm³/mol. The number of rotatable bonds is 4. The van der Waals surface area contributed by atoms with Gasteiger partial charge in [0.25, 0.3) is 0 Å². The van der Waals surface area contributed by atoms with Gasteiger partial charge in [0.15, 0.2) is 11.6 Å². The van der Waals surface area contributed by atoms with Crippen LogP contribution in [0.4, 0.5) is 8.78 Å². The Morgan fingerprint density at radius 1 is 1.05 bits per heavy atom. The van der Waals surface area contributed by atoms with Gasteiger partial charge in [-0.25, -0.2) is 8.78 Å². The van der Waals surface area contributed by atoms with E-state index in [1.807, 2.05) is 0 Å². The molecule has 0 N–H and O–H groups in total. The summed E-state index contributed by atoms with van der Waals surface area (Å²) in [5, 5.41) is 0. The third-order valence-corrected chi connectivity index (χ3v) is 3.89. The lowest BCUT2D eigenvalue weighted by Crippen LogP contribution is -2.10. The van der Waals surface area contributed by atoms with Crippen LogP contribution in [-0.2, 0) is 0 Å². The van der Waals surface area contributed by atoms with Crippen molar-refractivity contribution in [2.24, 2.45) is 5.92 Å². The normalized spacial score (nSPS) is 15.9. The van der Waals surface area contributed by atoms with Crippen molar-refractivity contribution >= 4 is 15.9 Å². The Bertz CT molecular complexity index is 608. The summed E-state index contributed by atoms with van der Waals surface area (Å²) in [6.45, 7) is 0. The number of ether oxygens (including phenoxy) is 1. The van der Waals surface area contributed by atoms with Crippen LogP contribution in [-0.4, -0.2) is 0 Å². The zero-order valence-corrected chi connectivity index (χ0v) is 12.2. The van der Waals surface area contributed by atoms with E-state index >= 15 is 0 Å². The molecule has 2 aromatic rings. The number of hydrogen-bond donors (Lipinski definition) is 0. The van der Waals surface area contributed by atoms with Crippen LogP contribution in [0.5, 0.6) is 5.75 Å². The summed E-state index contributed by atoms with van der Waals surface area (Å²) < 4.78 is 33.4. The van der Waals surface area contributed by atoms with E-state index < -0.39 is 5.82 Å². The topological polar surface area (TPSA) is 9.23 Å². The number of halogens is 3. The third-order valence-electron chi connectivity index (χ3n) is 3.40. The Morgan fingerprint density at radius 2 is 1.75 bits per heavy atom. The maximum atomic E-state index is 13.9. The summed E-state index contributed by atoms with van der Waals surface area (Å²) in [6, 6.07) is 11.0. The van der Waals surface area contributed by atoms with Crippen LogP contribution in [0.15, 0.2) is 46.9 Å². The fourth-order valence-electron chi connectivity index (χ4n) is 2.20. The van der Waals surface area contributed by atoms with Gasteiger partial charge in [0.1, 0.15) is 11.9 Å². The van der Waals surface area contributed by atoms with E-state index in [4.69, 9.17) is 4.74 Å². The van der Waals surface area contributed by atoms with Crippen LogP contribution in [0.3, 0.4) is 0 Å². The number of hydrogen-bond acceptors (Lipinski definition) is 1. The van der Waals surface area contributed by atoms with Crippen molar-refractivity contribution in [1.29, 1.82) is 0 Å². The Kier molecular flexibility index (Phi) is 3.74. The Morgan fingerprint density at radius 3 is 2.35 bits per heavy atom. The average Bonchev–Trinajstić information content (AvgIpc) is 3.24. The summed E-state index contributed by atoms with van der Waals surface area (Å²) >= 11 is 3.22. The molecule has 0 saturated heterocycles. The predicted octanol–water partition coefficient (Wildman–Crippen LogP) is 5.26. The van der Waals surface area contributed by atoms with Crippen molar-refractivity contribution in [3.05, 3.63) is 64.1 Å². The van der Waals surface area contributed by atoms with Crippen LogP contribution in [0.2, 0.25) is 0 Å². The lowest BCUT2D eigenvalue weighted by Gasteiger charge is -2.19. The minimum absolute atomic E-state index is 0.216. The molecule has 1 aliphatic carbocycles. The van der Waals surface area contributed by atoms with Crippen LogP contribution < -0.4 is 4.74 Å². The van der Waals surface area contributed by atoms with Gasteiger partial charge in [-0.3, -0.25) is 0 Å². The van der Waals surface area contributed by atoms with Crippen LogP contribution in [0.1, 0.15) is 24.5 Å². The van der Waals surface area contributed by atoms with Crippen molar-refractivity contribution in [2.45, 2.75) is 18.9 Å². The SMILES string of the molecule is Fc1ccc(C(Oc2ccc(Br)cc2F)C2CC2)cc1. The molecule has 0 aromatic heterocycles. The molecule has 1 aliphatic rings. The third kappa shape index (κ3) is 3.01. The molecular formula is C16H13BrF2O. The van der Waals surface area contributed by atoms with Gasteiger partial charge in [-0.15, -0.1) is 0 Å². The van der Waals surface area contributed by atoms with Crippen molar-refractivity contribution in [3.63, 3.8) is 0 Å². The van der Waals surface area contributed by atoms with E-state index in [0.717, 1.165) is 18.4 Å². The highest BCUT2D eigenvalue weighted by Gasteiger charge is 2.34. The van der Waals surface area contributed by atoms with Gasteiger partial charge in [-0.05, 0) is 48.7 Å². The number of benzene rings is 2. The molecule has 1 atom stereocenters. The highest BCUT2D eigenvalue weighted by molar-refractivity contribution is 9.10. The Hall–Kier alpha value is -1.42. The summed E-state index contributed by atoms with van der Waals surface area (Å²) in [6.07, 6.45) is 1.90. The molecule has 4 heteroatoms. The first-order chi connectivity index (χ1) is 9.63. The lowest BCUT2D eigenvalue weighted by molar-refractivity contribution is 0.173. The van der Waals surface area contributed by atoms with E-state index in [9.17, 15) is 8.78 Å². The minimum Gasteiger partial charge on any atom is -0.482 e. The fourth-order valence-corrected chi connectivity index (χ4v) is 2.53. The molecule has 0 spiro atoms. The first kappa shape index (κ1) is 13.6. The van der Waals surface area contributed by atoms with Gasteiger partial charge in [0, 0.05) is 10.4 Å². The first-order valence-corrected chi connectivity index (χ1v) is 7.30. The van der Waals surface area contributed by atoms with Crippen molar-refractivity contribution < 1.29 is 13.5 Å². The van der Waals surface area contributed by atoms with E-state index in [0.29, 0.717) is 10.4 Å². The minimum atomic E-state index is -0.396. The van der Waals surface area contributed by atoms with E-state index in [1.54, 1.807) is 24.3 Å². The standard InChI is InChI=1S/C16H13BrF2O/c17-12-5-8-15(14(19)9-12)20-16(10-1-2-10)11-3-6-13(18)7-4-11/h3-10,16H,1-2H2. The summed E-state index contributed by atoms with van der Waals surface area (Å²) in [5.41, 5.74) is 0.885. The summed E-state index contributed by atoms with van der Waals surface area (Å²) in [7, 11) is 0. The van der Waals surface area contributed by atoms with E-state index in [1.165, 1.54) is 18.2 Å². The highest BCUT2D eigenvalue weighted by atomic mass is 79.9. The quantitative estimate of drug-likeness (QED) is 0.739. The second kappa shape index (κ2) is 5.52. The summed E-state index contributed by atoms with van der Waals surface area (Å²) in [5.74, 6) is -0.0665. The highest BCUT2D eigenvalue weighted by Crippen LogP contribution is 2.44. The van der Waals surface area contributed by atoms with Crippen LogP contribution in [0, 0.1) is 17.6 Å². The fraction of sp³-hybridized carbons (Fsp3) is 0.250. The van der Waals surface area contributed by atoms with Gasteiger partial charge < -0.3 is 4.74 Å². The monoisotopic (exact) mass is 338 g/mol. The van der Waals surface area contributed by atoms with E-state index in [-0.39, 0.29) is 17.7 Å². The second-order valence-corrected chi connectivity index (χ2v) is 5.92. The zero-order valence-electron chi connectivity index (χ0n) is 10.7. The lowest BCUT2D eigenvalue weighted by atomic mass is 10.1. The molecule has 20 heavy (non-hydrogen) atoms. The molecule has 1 fully saturated rings. The molecule has 2 aromatic carbocycles. The zero-order chi connectivity index (χ0) is 14.1. The molecular weight excluding hydrogens is 326 g/mol. The molecule has 1 saturated carbocycles. The van der Waals surface area contributed by atoms with Gasteiger partial charge in [0.05, 0.1) is 0 Å². The Labute approximate surface area is 124 Å². The van der Waals surface area contributed by atoms with Crippen molar-refractivity contribution in [3.8, 4) is 5.75 Å². The molecule has 0 bridgehead atoms. The summed E-state index contributed by atoms with van der Waals surface area (Å²) in [4.78, 5) is 0. The van der Waals surface area contributed by atoms with Gasteiger partial charge in [-0.1, -0.05) is 28.1 Å². The van der Waals surface area contributed by atoms with Gasteiger partial charge >= 0.3 is 0 Å². The molecule has 1 unspecified atom stereocenters. The molecule has 0 heterocycles. The molecule has 0 amide bonds. The van der Waals surface area contributed by atoms with Crippen LogP contribution in [0.25, 0.3) is 0 Å². The second-order valence-electron chi connectivity index (χ2n) is 5.00.